The summed E-state index contributed by atoms with van der Waals surface area (Å²) in [6.07, 6.45) is 1.43. The van der Waals surface area contributed by atoms with Crippen molar-refractivity contribution in [1.82, 2.24) is 4.98 Å². The smallest absolute Gasteiger partial charge is 0.231 e. The number of aromatic nitrogens is 1. The number of nitrogens with two attached hydrogens (primary N) is 1. The van der Waals surface area contributed by atoms with Crippen LogP contribution in [-0.2, 0) is 4.79 Å². The quantitative estimate of drug-likeness (QED) is 0.808. The van der Waals surface area contributed by atoms with Crippen molar-refractivity contribution in [3.63, 3.8) is 0 Å². The molecule has 1 amide bonds. The third-order valence-electron chi connectivity index (χ3n) is 3.53. The van der Waals surface area contributed by atoms with Crippen molar-refractivity contribution in [2.45, 2.75) is 33.6 Å². The van der Waals surface area contributed by atoms with E-state index in [1.807, 2.05) is 20.8 Å². The predicted octanol–water partition coefficient (Wildman–Crippen LogP) is 2.75. The van der Waals surface area contributed by atoms with Crippen molar-refractivity contribution in [2.24, 2.45) is 11.1 Å². The summed E-state index contributed by atoms with van der Waals surface area (Å²) in [6, 6.07) is 3.42. The topological polar surface area (TPSA) is 68.0 Å². The molecule has 0 saturated heterocycles. The van der Waals surface area contributed by atoms with E-state index in [2.05, 4.69) is 10.3 Å². The Kier molecular flexibility index (Phi) is 5.11. The number of amides is 1. The highest BCUT2D eigenvalue weighted by Gasteiger charge is 2.33. The SMILES string of the molecule is CCC(CC)(CN)C(=O)Nc1ccc(Cl)nc1C. The summed E-state index contributed by atoms with van der Waals surface area (Å²) in [4.78, 5) is 16.4. The monoisotopic (exact) mass is 269 g/mol. The van der Waals surface area contributed by atoms with Crippen LogP contribution in [0.5, 0.6) is 0 Å². The molecule has 100 valence electrons. The van der Waals surface area contributed by atoms with Crippen LogP contribution in [0.2, 0.25) is 5.15 Å². The Balaban J connectivity index is 2.93. The molecule has 0 fully saturated rings. The number of hydrogen-bond acceptors (Lipinski definition) is 3. The van der Waals surface area contributed by atoms with Crippen LogP contribution in [-0.4, -0.2) is 17.4 Å². The first-order valence-corrected chi connectivity index (χ1v) is 6.51. The molecule has 1 heterocycles. The van der Waals surface area contributed by atoms with Gasteiger partial charge in [-0.2, -0.15) is 0 Å². The number of carbonyl (C=O) groups excluding carboxylic acids is 1. The second kappa shape index (κ2) is 6.16. The van der Waals surface area contributed by atoms with E-state index in [4.69, 9.17) is 17.3 Å². The van der Waals surface area contributed by atoms with Gasteiger partial charge in [-0.3, -0.25) is 4.79 Å². The number of anilines is 1. The molecule has 0 radical (unpaired) electrons. The van der Waals surface area contributed by atoms with Gasteiger partial charge in [0.05, 0.1) is 16.8 Å². The van der Waals surface area contributed by atoms with Gasteiger partial charge < -0.3 is 11.1 Å². The first-order chi connectivity index (χ1) is 8.49. The van der Waals surface area contributed by atoms with Crippen LogP contribution in [0.1, 0.15) is 32.4 Å². The summed E-state index contributed by atoms with van der Waals surface area (Å²) in [6.45, 7) is 6.10. The van der Waals surface area contributed by atoms with Crippen molar-refractivity contribution >= 4 is 23.2 Å². The molecule has 0 aliphatic carbocycles. The molecule has 18 heavy (non-hydrogen) atoms. The zero-order valence-electron chi connectivity index (χ0n) is 11.1. The van der Waals surface area contributed by atoms with E-state index in [0.717, 1.165) is 0 Å². The molecule has 0 spiro atoms. The number of pyridine rings is 1. The Morgan fingerprint density at radius 2 is 2.06 bits per heavy atom. The van der Waals surface area contributed by atoms with Crippen molar-refractivity contribution in [3.8, 4) is 0 Å². The fourth-order valence-corrected chi connectivity index (χ4v) is 2.06. The number of aryl methyl sites for hydroxylation is 1. The average Bonchev–Trinajstić information content (AvgIpc) is 2.36. The van der Waals surface area contributed by atoms with Gasteiger partial charge in [0.2, 0.25) is 5.91 Å². The van der Waals surface area contributed by atoms with Crippen LogP contribution in [0.25, 0.3) is 0 Å². The maximum absolute atomic E-state index is 12.3. The first-order valence-electron chi connectivity index (χ1n) is 6.13. The van der Waals surface area contributed by atoms with Gasteiger partial charge in [0, 0.05) is 6.54 Å². The van der Waals surface area contributed by atoms with E-state index in [0.29, 0.717) is 35.9 Å². The second-order valence-corrected chi connectivity index (χ2v) is 4.80. The molecule has 3 N–H and O–H groups in total. The Bertz CT molecular complexity index is 422. The van der Waals surface area contributed by atoms with E-state index >= 15 is 0 Å². The minimum Gasteiger partial charge on any atom is -0.329 e. The van der Waals surface area contributed by atoms with Gasteiger partial charge in [-0.1, -0.05) is 25.4 Å². The number of nitrogens with one attached hydrogen (secondary N) is 1. The van der Waals surface area contributed by atoms with E-state index < -0.39 is 5.41 Å². The molecule has 1 aromatic rings. The van der Waals surface area contributed by atoms with E-state index in [9.17, 15) is 4.79 Å². The summed E-state index contributed by atoms with van der Waals surface area (Å²) in [7, 11) is 0. The lowest BCUT2D eigenvalue weighted by atomic mass is 9.81. The first kappa shape index (κ1) is 14.9. The van der Waals surface area contributed by atoms with Crippen LogP contribution in [0, 0.1) is 12.3 Å². The Morgan fingerprint density at radius 3 is 2.50 bits per heavy atom. The highest BCUT2D eigenvalue weighted by molar-refractivity contribution is 6.29. The molecule has 0 bridgehead atoms. The Morgan fingerprint density at radius 1 is 1.44 bits per heavy atom. The third kappa shape index (κ3) is 3.00. The molecule has 0 saturated carbocycles. The standard InChI is InChI=1S/C13H20ClN3O/c1-4-13(5-2,8-15)12(18)17-10-6-7-11(14)16-9(10)3/h6-7H,4-5,8,15H2,1-3H3,(H,17,18). The summed E-state index contributed by atoms with van der Waals surface area (Å²) in [5.41, 5.74) is 6.63. The maximum Gasteiger partial charge on any atom is 0.231 e. The van der Waals surface area contributed by atoms with E-state index in [-0.39, 0.29) is 5.91 Å². The van der Waals surface area contributed by atoms with Gasteiger partial charge >= 0.3 is 0 Å². The number of rotatable bonds is 5. The zero-order chi connectivity index (χ0) is 13.8. The summed E-state index contributed by atoms with van der Waals surface area (Å²) < 4.78 is 0. The Labute approximate surface area is 113 Å². The molecular formula is C13H20ClN3O. The summed E-state index contributed by atoms with van der Waals surface area (Å²) >= 11 is 5.78. The van der Waals surface area contributed by atoms with E-state index in [1.165, 1.54) is 0 Å². The fourth-order valence-electron chi connectivity index (χ4n) is 1.87. The van der Waals surface area contributed by atoms with Gasteiger partial charge in [-0.25, -0.2) is 4.98 Å². The lowest BCUT2D eigenvalue weighted by Crippen LogP contribution is -2.41. The van der Waals surface area contributed by atoms with Gasteiger partial charge in [0.15, 0.2) is 0 Å². The number of halogens is 1. The lowest BCUT2D eigenvalue weighted by molar-refractivity contribution is -0.125. The normalized spacial score (nSPS) is 11.4. The lowest BCUT2D eigenvalue weighted by Gasteiger charge is -2.28. The van der Waals surface area contributed by atoms with Crippen LogP contribution < -0.4 is 11.1 Å². The Hall–Kier alpha value is -1.13. The molecule has 0 aromatic carbocycles. The molecule has 0 atom stereocenters. The third-order valence-corrected chi connectivity index (χ3v) is 3.74. The number of carbonyl (C=O) groups is 1. The van der Waals surface area contributed by atoms with Crippen molar-refractivity contribution in [1.29, 1.82) is 0 Å². The maximum atomic E-state index is 12.3. The molecule has 1 rings (SSSR count). The second-order valence-electron chi connectivity index (χ2n) is 4.41. The number of nitrogens with zero attached hydrogens (tertiary/aromatic N) is 1. The van der Waals surface area contributed by atoms with Crippen LogP contribution in [0.3, 0.4) is 0 Å². The molecular weight excluding hydrogens is 250 g/mol. The van der Waals surface area contributed by atoms with Gasteiger partial charge in [0.25, 0.3) is 0 Å². The van der Waals surface area contributed by atoms with E-state index in [1.54, 1.807) is 12.1 Å². The zero-order valence-corrected chi connectivity index (χ0v) is 11.8. The fraction of sp³-hybridized carbons (Fsp3) is 0.538. The summed E-state index contributed by atoms with van der Waals surface area (Å²) in [5, 5.41) is 3.31. The van der Waals surface area contributed by atoms with Crippen LogP contribution >= 0.6 is 11.6 Å². The molecule has 0 unspecified atom stereocenters. The van der Waals surface area contributed by atoms with Gasteiger partial charge in [0.1, 0.15) is 5.15 Å². The molecule has 5 heteroatoms. The molecule has 0 aliphatic heterocycles. The minimum absolute atomic E-state index is 0.0535. The average molecular weight is 270 g/mol. The van der Waals surface area contributed by atoms with Gasteiger partial charge in [-0.15, -0.1) is 0 Å². The van der Waals surface area contributed by atoms with Crippen LogP contribution in [0.15, 0.2) is 12.1 Å². The highest BCUT2D eigenvalue weighted by atomic mass is 35.5. The molecule has 1 aromatic heterocycles. The predicted molar refractivity (Wildman–Crippen MR) is 74.7 cm³/mol. The molecule has 4 nitrogen and oxygen atoms in total. The highest BCUT2D eigenvalue weighted by Crippen LogP contribution is 2.27. The largest absolute Gasteiger partial charge is 0.329 e. The molecule has 0 aliphatic rings. The van der Waals surface area contributed by atoms with Crippen molar-refractivity contribution in [2.75, 3.05) is 11.9 Å². The van der Waals surface area contributed by atoms with Crippen molar-refractivity contribution < 1.29 is 4.79 Å². The van der Waals surface area contributed by atoms with Crippen LogP contribution in [0.4, 0.5) is 5.69 Å². The minimum atomic E-state index is -0.508. The summed E-state index contributed by atoms with van der Waals surface area (Å²) in [5.74, 6) is -0.0535. The van der Waals surface area contributed by atoms with Crippen molar-refractivity contribution in [3.05, 3.63) is 23.0 Å². The number of hydrogen-bond donors (Lipinski definition) is 2. The van der Waals surface area contributed by atoms with Gasteiger partial charge in [-0.05, 0) is 31.9 Å².